The summed E-state index contributed by atoms with van der Waals surface area (Å²) in [6.45, 7) is 5.52. The molecule has 25 heavy (non-hydrogen) atoms. The van der Waals surface area contributed by atoms with Crippen LogP contribution in [-0.4, -0.2) is 20.4 Å². The third kappa shape index (κ3) is 5.04. The molecule has 5 nitrogen and oxygen atoms in total. The maximum Gasteiger partial charge on any atom is 0.255 e. The molecule has 0 aromatic heterocycles. The van der Waals surface area contributed by atoms with Crippen molar-refractivity contribution in [1.82, 2.24) is 4.72 Å². The van der Waals surface area contributed by atoms with Crippen LogP contribution in [0.5, 0.6) is 0 Å². The fourth-order valence-corrected chi connectivity index (χ4v) is 3.78. The number of amides is 1. The number of hydrogen-bond acceptors (Lipinski definition) is 3. The van der Waals surface area contributed by atoms with Crippen molar-refractivity contribution in [2.24, 2.45) is 0 Å². The predicted molar refractivity (Wildman–Crippen MR) is 101 cm³/mol. The fourth-order valence-electron chi connectivity index (χ4n) is 2.18. The fraction of sp³-hybridized carbons (Fsp3) is 0.278. The Morgan fingerprint density at radius 2 is 1.92 bits per heavy atom. The molecule has 2 aromatic rings. The van der Waals surface area contributed by atoms with Gasteiger partial charge >= 0.3 is 0 Å². The third-order valence-electron chi connectivity index (χ3n) is 3.81. The summed E-state index contributed by atoms with van der Waals surface area (Å²) in [5.74, 6) is -0.383. The van der Waals surface area contributed by atoms with Gasteiger partial charge in [-0.1, -0.05) is 24.6 Å². The van der Waals surface area contributed by atoms with Crippen molar-refractivity contribution in [3.8, 4) is 0 Å². The smallest absolute Gasteiger partial charge is 0.255 e. The lowest BCUT2D eigenvalue weighted by atomic mass is 10.1. The van der Waals surface area contributed by atoms with Gasteiger partial charge in [0, 0.05) is 22.3 Å². The van der Waals surface area contributed by atoms with E-state index in [1.807, 2.05) is 13.8 Å². The number of anilines is 1. The van der Waals surface area contributed by atoms with E-state index in [-0.39, 0.29) is 22.4 Å². The van der Waals surface area contributed by atoms with E-state index in [9.17, 15) is 13.2 Å². The first kappa shape index (κ1) is 19.4. The summed E-state index contributed by atoms with van der Waals surface area (Å²) >= 11 is 5.91. The molecule has 0 saturated heterocycles. The highest BCUT2D eigenvalue weighted by atomic mass is 35.5. The largest absolute Gasteiger partial charge is 0.322 e. The Labute approximate surface area is 153 Å². The molecule has 1 unspecified atom stereocenters. The van der Waals surface area contributed by atoms with Crippen LogP contribution in [0.25, 0.3) is 0 Å². The molecule has 1 amide bonds. The van der Waals surface area contributed by atoms with Crippen LogP contribution in [0.2, 0.25) is 5.02 Å². The molecule has 1 atom stereocenters. The van der Waals surface area contributed by atoms with Crippen molar-refractivity contribution < 1.29 is 13.2 Å². The van der Waals surface area contributed by atoms with Gasteiger partial charge in [0.25, 0.3) is 5.91 Å². The molecule has 0 aliphatic carbocycles. The number of rotatable bonds is 6. The average molecular weight is 381 g/mol. The maximum atomic E-state index is 12.4. The molecule has 7 heteroatoms. The van der Waals surface area contributed by atoms with E-state index in [2.05, 4.69) is 10.0 Å². The molecule has 0 aliphatic heterocycles. The lowest BCUT2D eigenvalue weighted by Gasteiger charge is -2.13. The summed E-state index contributed by atoms with van der Waals surface area (Å²) in [6, 6.07) is 10.9. The van der Waals surface area contributed by atoms with Gasteiger partial charge in [-0.15, -0.1) is 0 Å². The summed E-state index contributed by atoms with van der Waals surface area (Å²) in [5, 5.41) is 3.35. The van der Waals surface area contributed by atoms with Gasteiger partial charge in [-0.05, 0) is 62.2 Å². The van der Waals surface area contributed by atoms with Crippen molar-refractivity contribution in [3.05, 3.63) is 58.6 Å². The molecule has 2 rings (SSSR count). The SMILES string of the molecule is CCC(C)NS(=O)(=O)c1cccc(C(=O)Nc2ccc(Cl)cc2C)c1. The number of carbonyl (C=O) groups excluding carboxylic acids is 1. The summed E-state index contributed by atoms with van der Waals surface area (Å²) < 4.78 is 27.3. The lowest BCUT2D eigenvalue weighted by molar-refractivity contribution is 0.102. The number of benzene rings is 2. The minimum absolute atomic E-state index is 0.0632. The average Bonchev–Trinajstić information content (AvgIpc) is 2.57. The van der Waals surface area contributed by atoms with Gasteiger partial charge in [0.2, 0.25) is 10.0 Å². The van der Waals surface area contributed by atoms with Crippen molar-refractivity contribution in [2.45, 2.75) is 38.1 Å². The molecule has 0 fully saturated rings. The highest BCUT2D eigenvalue weighted by Crippen LogP contribution is 2.21. The van der Waals surface area contributed by atoms with Crippen molar-refractivity contribution in [1.29, 1.82) is 0 Å². The standard InChI is InChI=1S/C18H21ClN2O3S/c1-4-13(3)21-25(23,24)16-7-5-6-14(11-16)18(22)20-17-9-8-15(19)10-12(17)2/h5-11,13,21H,4H2,1-3H3,(H,20,22). The first-order valence-corrected chi connectivity index (χ1v) is 9.79. The van der Waals surface area contributed by atoms with E-state index >= 15 is 0 Å². The van der Waals surface area contributed by atoms with E-state index in [0.717, 1.165) is 5.56 Å². The molecule has 0 aliphatic rings. The van der Waals surface area contributed by atoms with Crippen LogP contribution in [0.4, 0.5) is 5.69 Å². The Bertz CT molecular complexity index is 882. The van der Waals surface area contributed by atoms with E-state index in [1.54, 1.807) is 37.3 Å². The van der Waals surface area contributed by atoms with E-state index in [1.165, 1.54) is 12.1 Å². The number of aryl methyl sites for hydroxylation is 1. The molecule has 0 saturated carbocycles. The second kappa shape index (κ2) is 7.99. The Balaban J connectivity index is 2.24. The second-order valence-corrected chi connectivity index (χ2v) is 8.02. The highest BCUT2D eigenvalue weighted by molar-refractivity contribution is 7.89. The van der Waals surface area contributed by atoms with Crippen LogP contribution in [0.15, 0.2) is 47.4 Å². The zero-order valence-corrected chi connectivity index (χ0v) is 15.9. The van der Waals surface area contributed by atoms with Crippen LogP contribution >= 0.6 is 11.6 Å². The summed E-state index contributed by atoms with van der Waals surface area (Å²) in [7, 11) is -3.66. The van der Waals surface area contributed by atoms with Crippen molar-refractivity contribution in [3.63, 3.8) is 0 Å². The molecular weight excluding hydrogens is 360 g/mol. The molecule has 0 radical (unpaired) electrons. The van der Waals surface area contributed by atoms with Gasteiger partial charge in [0.15, 0.2) is 0 Å². The number of halogens is 1. The van der Waals surface area contributed by atoms with Crippen molar-refractivity contribution in [2.75, 3.05) is 5.32 Å². The topological polar surface area (TPSA) is 75.3 Å². The molecule has 0 heterocycles. The molecule has 0 spiro atoms. The van der Waals surface area contributed by atoms with Gasteiger partial charge in [-0.25, -0.2) is 13.1 Å². The van der Waals surface area contributed by atoms with Gasteiger partial charge < -0.3 is 5.32 Å². The van der Waals surface area contributed by atoms with Crippen molar-refractivity contribution >= 4 is 33.2 Å². The molecule has 2 N–H and O–H groups in total. The summed E-state index contributed by atoms with van der Waals surface area (Å²) in [5.41, 5.74) is 1.71. The molecule has 0 bridgehead atoms. The van der Waals surface area contributed by atoms with E-state index < -0.39 is 10.0 Å². The number of sulfonamides is 1. The zero-order valence-electron chi connectivity index (χ0n) is 14.3. The number of nitrogens with one attached hydrogen (secondary N) is 2. The molecular formula is C18H21ClN2O3S. The Morgan fingerprint density at radius 3 is 2.56 bits per heavy atom. The summed E-state index contributed by atoms with van der Waals surface area (Å²) in [4.78, 5) is 12.5. The van der Waals surface area contributed by atoms with Gasteiger partial charge in [0.05, 0.1) is 4.90 Å². The normalized spacial score (nSPS) is 12.6. The van der Waals surface area contributed by atoms with E-state index in [0.29, 0.717) is 17.1 Å². The van der Waals surface area contributed by atoms with Crippen LogP contribution < -0.4 is 10.0 Å². The van der Waals surface area contributed by atoms with Crippen LogP contribution in [0.1, 0.15) is 36.2 Å². The van der Waals surface area contributed by atoms with Gasteiger partial charge in [-0.2, -0.15) is 0 Å². The zero-order chi connectivity index (χ0) is 18.6. The number of carbonyl (C=O) groups is 1. The third-order valence-corrected chi connectivity index (χ3v) is 5.63. The minimum Gasteiger partial charge on any atom is -0.322 e. The number of hydrogen-bond donors (Lipinski definition) is 2. The Kier molecular flexibility index (Phi) is 6.21. The first-order valence-electron chi connectivity index (χ1n) is 7.93. The molecule has 2 aromatic carbocycles. The molecule has 134 valence electrons. The monoisotopic (exact) mass is 380 g/mol. The van der Waals surface area contributed by atoms with E-state index in [4.69, 9.17) is 11.6 Å². The maximum absolute atomic E-state index is 12.4. The highest BCUT2D eigenvalue weighted by Gasteiger charge is 2.18. The first-order chi connectivity index (χ1) is 11.7. The van der Waals surface area contributed by atoms with Gasteiger partial charge in [-0.3, -0.25) is 4.79 Å². The predicted octanol–water partition coefficient (Wildman–Crippen LogP) is 3.98. The van der Waals surface area contributed by atoms with Crippen LogP contribution in [0.3, 0.4) is 0 Å². The second-order valence-electron chi connectivity index (χ2n) is 5.87. The minimum atomic E-state index is -3.66. The summed E-state index contributed by atoms with van der Waals surface area (Å²) in [6.07, 6.45) is 0.676. The lowest BCUT2D eigenvalue weighted by Crippen LogP contribution is -2.32. The quantitative estimate of drug-likeness (QED) is 0.795. The van der Waals surface area contributed by atoms with Crippen LogP contribution in [-0.2, 0) is 10.0 Å². The van der Waals surface area contributed by atoms with Gasteiger partial charge in [0.1, 0.15) is 0 Å². The Morgan fingerprint density at radius 1 is 1.20 bits per heavy atom. The van der Waals surface area contributed by atoms with Crippen LogP contribution in [0, 0.1) is 6.92 Å². The Hall–Kier alpha value is -1.89.